The van der Waals surface area contributed by atoms with E-state index in [1.54, 1.807) is 11.8 Å². The highest BCUT2D eigenvalue weighted by Crippen LogP contribution is 2.29. The maximum atomic E-state index is 12.5. The average molecular weight is 307 g/mol. The SMILES string of the molecule is CSc1ccc(C2NC(C)C(=O)N2C(C)CN(C)C)cc1. The second-order valence-electron chi connectivity index (χ2n) is 5.92. The number of thioether (sulfide) groups is 1. The van der Waals surface area contributed by atoms with Gasteiger partial charge in [0.15, 0.2) is 0 Å². The number of nitrogens with one attached hydrogen (secondary N) is 1. The van der Waals surface area contributed by atoms with E-state index < -0.39 is 0 Å². The number of hydrogen-bond donors (Lipinski definition) is 1. The molecule has 0 bridgehead atoms. The van der Waals surface area contributed by atoms with Gasteiger partial charge in [-0.15, -0.1) is 11.8 Å². The second kappa shape index (κ2) is 6.81. The van der Waals surface area contributed by atoms with Crippen LogP contribution in [-0.2, 0) is 4.79 Å². The molecule has 0 aliphatic carbocycles. The van der Waals surface area contributed by atoms with Crippen molar-refractivity contribution in [3.63, 3.8) is 0 Å². The molecule has 0 spiro atoms. The molecule has 4 nitrogen and oxygen atoms in total. The highest BCUT2D eigenvalue weighted by atomic mass is 32.2. The van der Waals surface area contributed by atoms with Crippen LogP contribution < -0.4 is 5.32 Å². The van der Waals surface area contributed by atoms with E-state index in [-0.39, 0.29) is 24.2 Å². The van der Waals surface area contributed by atoms with Gasteiger partial charge in [-0.2, -0.15) is 0 Å². The van der Waals surface area contributed by atoms with Gasteiger partial charge in [-0.3, -0.25) is 10.1 Å². The monoisotopic (exact) mass is 307 g/mol. The summed E-state index contributed by atoms with van der Waals surface area (Å²) >= 11 is 1.73. The van der Waals surface area contributed by atoms with Gasteiger partial charge in [0.05, 0.1) is 6.04 Å². The van der Waals surface area contributed by atoms with Gasteiger partial charge in [0.25, 0.3) is 0 Å². The summed E-state index contributed by atoms with van der Waals surface area (Å²) in [5, 5.41) is 3.41. The number of carbonyl (C=O) groups is 1. The van der Waals surface area contributed by atoms with Crippen molar-refractivity contribution < 1.29 is 4.79 Å². The number of nitrogens with zero attached hydrogens (tertiary/aromatic N) is 2. The predicted molar refractivity (Wildman–Crippen MR) is 88.4 cm³/mol. The lowest BCUT2D eigenvalue weighted by molar-refractivity contribution is -0.132. The minimum atomic E-state index is -0.125. The molecule has 1 aromatic rings. The number of amides is 1. The van der Waals surface area contributed by atoms with Gasteiger partial charge in [0.1, 0.15) is 6.17 Å². The van der Waals surface area contributed by atoms with Crippen LogP contribution in [-0.4, -0.2) is 54.7 Å². The second-order valence-corrected chi connectivity index (χ2v) is 6.80. The number of hydrogen-bond acceptors (Lipinski definition) is 4. The van der Waals surface area contributed by atoms with Crippen LogP contribution in [0.1, 0.15) is 25.6 Å². The Bertz CT molecular complexity index is 489. The maximum absolute atomic E-state index is 12.5. The van der Waals surface area contributed by atoms with Crippen molar-refractivity contribution in [1.29, 1.82) is 0 Å². The van der Waals surface area contributed by atoms with Gasteiger partial charge >= 0.3 is 0 Å². The summed E-state index contributed by atoms with van der Waals surface area (Å²) in [5.41, 5.74) is 1.15. The minimum absolute atomic E-state index is 0.0293. The van der Waals surface area contributed by atoms with Gasteiger partial charge in [0, 0.05) is 17.5 Å². The number of carbonyl (C=O) groups excluding carboxylic acids is 1. The van der Waals surface area contributed by atoms with Gasteiger partial charge in [-0.05, 0) is 51.9 Å². The first kappa shape index (κ1) is 16.3. The first-order chi connectivity index (χ1) is 9.93. The standard InChI is InChI=1S/C16H25N3OS/c1-11(10-18(3)4)19-15(17-12(2)16(19)20)13-6-8-14(21-5)9-7-13/h6-9,11-12,15,17H,10H2,1-5H3. The fraction of sp³-hybridized carbons (Fsp3) is 0.562. The molecule has 5 heteroatoms. The molecule has 1 aliphatic heterocycles. The van der Waals surface area contributed by atoms with Crippen LogP contribution in [0.15, 0.2) is 29.2 Å². The third-order valence-corrected chi connectivity index (χ3v) is 4.59. The number of likely N-dealkylation sites (N-methyl/N-ethyl adjacent to an activating group) is 1. The summed E-state index contributed by atoms with van der Waals surface area (Å²) in [6.45, 7) is 4.91. The smallest absolute Gasteiger partial charge is 0.241 e. The molecule has 1 N–H and O–H groups in total. The van der Waals surface area contributed by atoms with Crippen molar-refractivity contribution in [2.75, 3.05) is 26.9 Å². The molecule has 0 radical (unpaired) electrons. The molecular weight excluding hydrogens is 282 g/mol. The first-order valence-electron chi connectivity index (χ1n) is 7.31. The molecule has 21 heavy (non-hydrogen) atoms. The highest BCUT2D eigenvalue weighted by molar-refractivity contribution is 7.98. The van der Waals surface area contributed by atoms with Gasteiger partial charge in [-0.25, -0.2) is 0 Å². The maximum Gasteiger partial charge on any atom is 0.241 e. The molecule has 3 atom stereocenters. The molecule has 0 aromatic heterocycles. The Balaban J connectivity index is 2.24. The van der Waals surface area contributed by atoms with E-state index in [4.69, 9.17) is 0 Å². The largest absolute Gasteiger partial charge is 0.318 e. The fourth-order valence-corrected chi connectivity index (χ4v) is 3.28. The summed E-state index contributed by atoms with van der Waals surface area (Å²) in [6.07, 6.45) is 2.04. The molecule has 116 valence electrons. The van der Waals surface area contributed by atoms with E-state index in [0.717, 1.165) is 12.1 Å². The van der Waals surface area contributed by atoms with Crippen molar-refractivity contribution in [3.05, 3.63) is 29.8 Å². The van der Waals surface area contributed by atoms with Crippen LogP contribution in [0.3, 0.4) is 0 Å². The van der Waals surface area contributed by atoms with E-state index in [2.05, 4.69) is 47.7 Å². The third kappa shape index (κ3) is 3.59. The molecule has 0 saturated carbocycles. The van der Waals surface area contributed by atoms with Crippen molar-refractivity contribution in [2.45, 2.75) is 37.0 Å². The normalized spacial score (nSPS) is 23.9. The van der Waals surface area contributed by atoms with E-state index in [9.17, 15) is 4.79 Å². The van der Waals surface area contributed by atoms with Crippen molar-refractivity contribution in [2.24, 2.45) is 0 Å². The van der Waals surface area contributed by atoms with Crippen LogP contribution in [0.2, 0.25) is 0 Å². The Morgan fingerprint density at radius 3 is 2.48 bits per heavy atom. The lowest BCUT2D eigenvalue weighted by Crippen LogP contribution is -2.43. The summed E-state index contributed by atoms with van der Waals surface area (Å²) in [6, 6.07) is 8.51. The summed E-state index contributed by atoms with van der Waals surface area (Å²) in [7, 11) is 4.08. The summed E-state index contributed by atoms with van der Waals surface area (Å²) in [4.78, 5) is 17.8. The number of benzene rings is 1. The lowest BCUT2D eigenvalue weighted by atomic mass is 10.1. The fourth-order valence-electron chi connectivity index (χ4n) is 2.87. The van der Waals surface area contributed by atoms with Crippen molar-refractivity contribution in [1.82, 2.24) is 15.1 Å². The third-order valence-electron chi connectivity index (χ3n) is 3.85. The average Bonchev–Trinajstić information content (AvgIpc) is 2.74. The molecule has 1 heterocycles. The van der Waals surface area contributed by atoms with Gasteiger partial charge in [0.2, 0.25) is 5.91 Å². The molecule has 1 amide bonds. The molecule has 1 aromatic carbocycles. The zero-order chi connectivity index (χ0) is 15.6. The summed E-state index contributed by atoms with van der Waals surface area (Å²) in [5.74, 6) is 0.184. The van der Waals surface area contributed by atoms with Crippen LogP contribution in [0.25, 0.3) is 0 Å². The predicted octanol–water partition coefficient (Wildman–Crippen LogP) is 2.18. The molecule has 1 fully saturated rings. The van der Waals surface area contributed by atoms with E-state index in [0.29, 0.717) is 0 Å². The van der Waals surface area contributed by atoms with Gasteiger partial charge < -0.3 is 9.80 Å². The molecule has 2 rings (SSSR count). The Labute approximate surface area is 131 Å². The lowest BCUT2D eigenvalue weighted by Gasteiger charge is -2.32. The Morgan fingerprint density at radius 1 is 1.33 bits per heavy atom. The highest BCUT2D eigenvalue weighted by Gasteiger charge is 2.39. The van der Waals surface area contributed by atoms with E-state index >= 15 is 0 Å². The van der Waals surface area contributed by atoms with E-state index in [1.807, 2.05) is 25.9 Å². The zero-order valence-corrected chi connectivity index (χ0v) is 14.3. The minimum Gasteiger partial charge on any atom is -0.318 e. The van der Waals surface area contributed by atoms with Crippen LogP contribution in [0.5, 0.6) is 0 Å². The van der Waals surface area contributed by atoms with Crippen molar-refractivity contribution >= 4 is 17.7 Å². The molecule has 1 aliphatic rings. The van der Waals surface area contributed by atoms with Crippen LogP contribution in [0.4, 0.5) is 0 Å². The van der Waals surface area contributed by atoms with Crippen molar-refractivity contribution in [3.8, 4) is 0 Å². The Hall–Kier alpha value is -1.04. The molecule has 3 unspecified atom stereocenters. The number of rotatable bonds is 5. The van der Waals surface area contributed by atoms with E-state index in [1.165, 1.54) is 4.90 Å². The molecular formula is C16H25N3OS. The summed E-state index contributed by atoms with van der Waals surface area (Å²) < 4.78 is 0. The quantitative estimate of drug-likeness (QED) is 0.846. The Kier molecular flexibility index (Phi) is 5.30. The van der Waals surface area contributed by atoms with Crippen LogP contribution >= 0.6 is 11.8 Å². The Morgan fingerprint density at radius 2 is 1.95 bits per heavy atom. The van der Waals surface area contributed by atoms with Crippen LogP contribution in [0, 0.1) is 0 Å². The first-order valence-corrected chi connectivity index (χ1v) is 8.53. The topological polar surface area (TPSA) is 35.6 Å². The molecule has 1 saturated heterocycles. The zero-order valence-electron chi connectivity index (χ0n) is 13.5. The van der Waals surface area contributed by atoms with Gasteiger partial charge in [-0.1, -0.05) is 12.1 Å².